The molecule has 2 aromatic rings. The molecule has 18 heavy (non-hydrogen) atoms. The van der Waals surface area contributed by atoms with Crippen LogP contribution in [0.15, 0.2) is 24.3 Å². The Kier molecular flexibility index (Phi) is 4.22. The molecule has 2 rings (SSSR count). The highest BCUT2D eigenvalue weighted by Gasteiger charge is 2.18. The molecule has 1 heterocycles. The summed E-state index contributed by atoms with van der Waals surface area (Å²) in [6.45, 7) is 1.19. The van der Waals surface area contributed by atoms with Crippen molar-refractivity contribution in [3.63, 3.8) is 0 Å². The van der Waals surface area contributed by atoms with Crippen LogP contribution in [0.4, 0.5) is 0 Å². The molecular formula is C13H15ClNO2S+. The fraction of sp³-hybridized carbons (Fsp3) is 0.308. The molecule has 1 N–H and O–H groups in total. The van der Waals surface area contributed by atoms with Crippen LogP contribution in [0.5, 0.6) is 0 Å². The number of esters is 1. The van der Waals surface area contributed by atoms with Crippen molar-refractivity contribution < 1.29 is 14.4 Å². The van der Waals surface area contributed by atoms with E-state index in [1.54, 1.807) is 0 Å². The Bertz CT molecular complexity index is 565. The first kappa shape index (κ1) is 13.3. The molecule has 0 aliphatic heterocycles. The van der Waals surface area contributed by atoms with Crippen LogP contribution in [0.25, 0.3) is 10.1 Å². The van der Waals surface area contributed by atoms with Gasteiger partial charge in [0.2, 0.25) is 0 Å². The molecule has 0 spiro atoms. The van der Waals surface area contributed by atoms with E-state index in [4.69, 9.17) is 16.3 Å². The van der Waals surface area contributed by atoms with Crippen LogP contribution in [0.2, 0.25) is 5.02 Å². The van der Waals surface area contributed by atoms with E-state index in [0.29, 0.717) is 16.5 Å². The third kappa shape index (κ3) is 2.83. The number of hydrogen-bond acceptors (Lipinski definition) is 3. The zero-order valence-electron chi connectivity index (χ0n) is 10.3. The summed E-state index contributed by atoms with van der Waals surface area (Å²) < 4.78 is 6.22. The summed E-state index contributed by atoms with van der Waals surface area (Å²) in [7, 11) is 4.03. The Hall–Kier alpha value is -1.10. The lowest BCUT2D eigenvalue weighted by Crippen LogP contribution is -3.06. The lowest BCUT2D eigenvalue weighted by Gasteiger charge is -2.07. The average Bonchev–Trinajstić information content (AvgIpc) is 2.67. The number of quaternary nitrogens is 1. The summed E-state index contributed by atoms with van der Waals surface area (Å²) in [5.74, 6) is -0.331. The summed E-state index contributed by atoms with van der Waals surface area (Å²) in [6, 6.07) is 7.70. The van der Waals surface area contributed by atoms with E-state index >= 15 is 0 Å². The molecule has 0 aliphatic rings. The summed E-state index contributed by atoms with van der Waals surface area (Å²) in [5, 5.41) is 1.41. The molecular weight excluding hydrogens is 270 g/mol. The van der Waals surface area contributed by atoms with Gasteiger partial charge in [0.15, 0.2) is 0 Å². The van der Waals surface area contributed by atoms with Gasteiger partial charge in [0, 0.05) is 10.1 Å². The second kappa shape index (κ2) is 5.69. The monoisotopic (exact) mass is 284 g/mol. The smallest absolute Gasteiger partial charge is 0.350 e. The molecule has 0 unspecified atom stereocenters. The van der Waals surface area contributed by atoms with Crippen LogP contribution in [0.1, 0.15) is 9.67 Å². The minimum Gasteiger partial charge on any atom is -0.455 e. The molecule has 0 bridgehead atoms. The van der Waals surface area contributed by atoms with Crippen LogP contribution in [-0.2, 0) is 4.74 Å². The van der Waals surface area contributed by atoms with E-state index < -0.39 is 0 Å². The van der Waals surface area contributed by atoms with Crippen molar-refractivity contribution >= 4 is 39.0 Å². The number of nitrogens with one attached hydrogen (secondary N) is 1. The van der Waals surface area contributed by atoms with Crippen molar-refractivity contribution in [1.29, 1.82) is 0 Å². The number of fused-ring (bicyclic) bond motifs is 1. The van der Waals surface area contributed by atoms with Crippen LogP contribution in [0.3, 0.4) is 0 Å². The SMILES string of the molecule is C[NH+](C)CCOC(=O)c1sc2ccccc2c1Cl. The first-order valence-corrected chi connectivity index (χ1v) is 6.92. The lowest BCUT2D eigenvalue weighted by atomic mass is 10.2. The van der Waals surface area contributed by atoms with Crippen molar-refractivity contribution in [2.45, 2.75) is 0 Å². The normalized spacial score (nSPS) is 11.1. The van der Waals surface area contributed by atoms with E-state index in [-0.39, 0.29) is 5.97 Å². The number of likely N-dealkylation sites (N-methyl/N-ethyl adjacent to an activating group) is 1. The summed E-state index contributed by atoms with van der Waals surface area (Å²) >= 11 is 7.58. The molecule has 0 radical (unpaired) electrons. The van der Waals surface area contributed by atoms with Gasteiger partial charge >= 0.3 is 5.97 Å². The summed E-state index contributed by atoms with van der Waals surface area (Å²) in [4.78, 5) is 13.6. The number of benzene rings is 1. The van der Waals surface area contributed by atoms with Gasteiger partial charge < -0.3 is 9.64 Å². The topological polar surface area (TPSA) is 30.7 Å². The maximum atomic E-state index is 11.9. The number of halogens is 1. The minimum absolute atomic E-state index is 0.331. The largest absolute Gasteiger partial charge is 0.455 e. The zero-order valence-corrected chi connectivity index (χ0v) is 11.9. The van der Waals surface area contributed by atoms with Gasteiger partial charge in [-0.3, -0.25) is 0 Å². The number of carbonyl (C=O) groups excluding carboxylic acids is 1. The van der Waals surface area contributed by atoms with Crippen LogP contribution in [-0.4, -0.2) is 33.2 Å². The third-order valence-electron chi connectivity index (χ3n) is 2.56. The molecule has 5 heteroatoms. The average molecular weight is 285 g/mol. The predicted molar refractivity (Wildman–Crippen MR) is 74.8 cm³/mol. The Labute approximate surface area is 115 Å². The molecule has 0 saturated carbocycles. The molecule has 96 valence electrons. The highest BCUT2D eigenvalue weighted by molar-refractivity contribution is 7.21. The van der Waals surface area contributed by atoms with Gasteiger partial charge in [-0.15, -0.1) is 11.3 Å². The first-order valence-electron chi connectivity index (χ1n) is 5.73. The molecule has 1 aromatic carbocycles. The van der Waals surface area contributed by atoms with E-state index in [1.807, 2.05) is 38.4 Å². The van der Waals surface area contributed by atoms with Crippen LogP contribution < -0.4 is 4.90 Å². The number of hydrogen-bond donors (Lipinski definition) is 1. The fourth-order valence-corrected chi connectivity index (χ4v) is 2.96. The van der Waals surface area contributed by atoms with Gasteiger partial charge in [-0.25, -0.2) is 4.79 Å². The van der Waals surface area contributed by atoms with Crippen molar-refractivity contribution in [2.24, 2.45) is 0 Å². The van der Waals surface area contributed by atoms with Gasteiger partial charge in [0.05, 0.1) is 19.1 Å². The van der Waals surface area contributed by atoms with E-state index in [0.717, 1.165) is 16.6 Å². The molecule has 0 saturated heterocycles. The van der Waals surface area contributed by atoms with Crippen molar-refractivity contribution in [3.8, 4) is 0 Å². The number of rotatable bonds is 4. The Morgan fingerprint density at radius 2 is 2.11 bits per heavy atom. The molecule has 0 aliphatic carbocycles. The highest BCUT2D eigenvalue weighted by Crippen LogP contribution is 2.35. The number of thiophene rings is 1. The highest BCUT2D eigenvalue weighted by atomic mass is 35.5. The second-order valence-corrected chi connectivity index (χ2v) is 5.76. The van der Waals surface area contributed by atoms with E-state index in [9.17, 15) is 4.79 Å². The lowest BCUT2D eigenvalue weighted by molar-refractivity contribution is -0.858. The maximum absolute atomic E-state index is 11.9. The van der Waals surface area contributed by atoms with Crippen molar-refractivity contribution in [2.75, 3.05) is 27.2 Å². The predicted octanol–water partition coefficient (Wildman–Crippen LogP) is 1.86. The zero-order chi connectivity index (χ0) is 13.1. The van der Waals surface area contributed by atoms with Gasteiger partial charge in [0.25, 0.3) is 0 Å². The van der Waals surface area contributed by atoms with Crippen LogP contribution >= 0.6 is 22.9 Å². The summed E-state index contributed by atoms with van der Waals surface area (Å²) in [5.41, 5.74) is 0. The number of ether oxygens (including phenoxy) is 1. The Morgan fingerprint density at radius 3 is 2.78 bits per heavy atom. The summed E-state index contributed by atoms with van der Waals surface area (Å²) in [6.07, 6.45) is 0. The van der Waals surface area contributed by atoms with Gasteiger partial charge in [-0.05, 0) is 6.07 Å². The standard InChI is InChI=1S/C13H14ClNO2S/c1-15(2)7-8-17-13(16)12-11(14)9-5-3-4-6-10(9)18-12/h3-6H,7-8H2,1-2H3/p+1. The Balaban J connectivity index is 2.15. The molecule has 3 nitrogen and oxygen atoms in total. The first-order chi connectivity index (χ1) is 8.59. The third-order valence-corrected chi connectivity index (χ3v) is 4.21. The molecule has 0 fully saturated rings. The molecule has 0 amide bonds. The maximum Gasteiger partial charge on any atom is 0.350 e. The van der Waals surface area contributed by atoms with Crippen molar-refractivity contribution in [3.05, 3.63) is 34.2 Å². The molecule has 0 atom stereocenters. The van der Waals surface area contributed by atoms with E-state index in [2.05, 4.69) is 0 Å². The fourth-order valence-electron chi connectivity index (χ4n) is 1.56. The second-order valence-electron chi connectivity index (χ2n) is 4.33. The Morgan fingerprint density at radius 1 is 1.39 bits per heavy atom. The molecule has 1 aromatic heterocycles. The minimum atomic E-state index is -0.331. The van der Waals surface area contributed by atoms with Crippen molar-refractivity contribution in [1.82, 2.24) is 0 Å². The van der Waals surface area contributed by atoms with Crippen LogP contribution in [0, 0.1) is 0 Å². The van der Waals surface area contributed by atoms with Gasteiger partial charge in [-0.2, -0.15) is 0 Å². The number of carbonyl (C=O) groups is 1. The van der Waals surface area contributed by atoms with Gasteiger partial charge in [0.1, 0.15) is 18.0 Å². The van der Waals surface area contributed by atoms with Gasteiger partial charge in [-0.1, -0.05) is 29.8 Å². The van der Waals surface area contributed by atoms with E-state index in [1.165, 1.54) is 16.2 Å². The quantitative estimate of drug-likeness (QED) is 0.869.